The first-order chi connectivity index (χ1) is 10.7. The van der Waals surface area contributed by atoms with Crippen LogP contribution in [0.25, 0.3) is 0 Å². The van der Waals surface area contributed by atoms with Gasteiger partial charge in [0, 0.05) is 18.5 Å². The van der Waals surface area contributed by atoms with Gasteiger partial charge in [-0.25, -0.2) is 4.39 Å². The van der Waals surface area contributed by atoms with Gasteiger partial charge in [0.2, 0.25) is 0 Å². The number of morpholine rings is 1. The molecule has 1 aromatic carbocycles. The zero-order chi connectivity index (χ0) is 16.8. The van der Waals surface area contributed by atoms with Crippen LogP contribution in [0.3, 0.4) is 0 Å². The van der Waals surface area contributed by atoms with Gasteiger partial charge in [-0.15, -0.1) is 0 Å². The van der Waals surface area contributed by atoms with Crippen molar-refractivity contribution in [1.29, 1.82) is 0 Å². The molecule has 0 spiro atoms. The second-order valence-corrected chi connectivity index (χ2v) is 6.67. The SMILES string of the molecule is CN1C2COCC1CC(O)(Cc1cc(F)cc(C(F)(F)F)c1)C2. The highest BCUT2D eigenvalue weighted by Crippen LogP contribution is 2.37. The topological polar surface area (TPSA) is 32.7 Å². The quantitative estimate of drug-likeness (QED) is 0.845. The van der Waals surface area contributed by atoms with Crippen LogP contribution in [-0.4, -0.2) is 48.0 Å². The molecular weight excluding hydrogens is 314 g/mol. The average Bonchev–Trinajstić information content (AvgIpc) is 2.39. The molecule has 0 aromatic heterocycles. The maximum absolute atomic E-state index is 13.5. The van der Waals surface area contributed by atoms with Crippen molar-refractivity contribution in [1.82, 2.24) is 4.90 Å². The van der Waals surface area contributed by atoms with Gasteiger partial charge in [0.1, 0.15) is 5.82 Å². The van der Waals surface area contributed by atoms with Crippen LogP contribution < -0.4 is 0 Å². The summed E-state index contributed by atoms with van der Waals surface area (Å²) >= 11 is 0. The Balaban J connectivity index is 1.83. The molecule has 0 saturated carbocycles. The lowest BCUT2D eigenvalue weighted by Crippen LogP contribution is -2.60. The van der Waals surface area contributed by atoms with Gasteiger partial charge in [-0.1, -0.05) is 0 Å². The Bertz CT molecular complexity index is 576. The van der Waals surface area contributed by atoms with E-state index in [0.29, 0.717) is 32.1 Å². The van der Waals surface area contributed by atoms with Crippen LogP contribution >= 0.6 is 0 Å². The number of rotatable bonds is 2. The Morgan fingerprint density at radius 3 is 2.39 bits per heavy atom. The summed E-state index contributed by atoms with van der Waals surface area (Å²) in [7, 11) is 1.96. The number of halogens is 4. The number of alkyl halides is 3. The third-order valence-corrected chi connectivity index (χ3v) is 4.82. The van der Waals surface area contributed by atoms with E-state index in [1.54, 1.807) is 0 Å². The molecule has 2 saturated heterocycles. The number of benzene rings is 1. The number of hydrogen-bond donors (Lipinski definition) is 1. The van der Waals surface area contributed by atoms with Gasteiger partial charge in [0.25, 0.3) is 0 Å². The van der Waals surface area contributed by atoms with E-state index in [2.05, 4.69) is 4.90 Å². The van der Waals surface area contributed by atoms with Crippen LogP contribution in [-0.2, 0) is 17.3 Å². The summed E-state index contributed by atoms with van der Waals surface area (Å²) in [4.78, 5) is 2.14. The van der Waals surface area contributed by atoms with E-state index in [1.165, 1.54) is 0 Å². The molecule has 23 heavy (non-hydrogen) atoms. The molecule has 128 valence electrons. The van der Waals surface area contributed by atoms with Crippen LogP contribution in [0.15, 0.2) is 18.2 Å². The number of ether oxygens (including phenoxy) is 1. The average molecular weight is 333 g/mol. The van der Waals surface area contributed by atoms with E-state index >= 15 is 0 Å². The summed E-state index contributed by atoms with van der Waals surface area (Å²) in [5.41, 5.74) is -1.99. The van der Waals surface area contributed by atoms with Gasteiger partial charge in [-0.2, -0.15) is 13.2 Å². The van der Waals surface area contributed by atoms with E-state index in [0.717, 1.165) is 12.1 Å². The van der Waals surface area contributed by atoms with Crippen molar-refractivity contribution in [3.05, 3.63) is 35.1 Å². The summed E-state index contributed by atoms with van der Waals surface area (Å²) in [6, 6.07) is 2.53. The van der Waals surface area contributed by atoms with Crippen LogP contribution in [0.4, 0.5) is 17.6 Å². The third kappa shape index (κ3) is 3.51. The van der Waals surface area contributed by atoms with Crippen molar-refractivity contribution in [2.75, 3.05) is 20.3 Å². The molecular formula is C16H19F4NO2. The molecule has 0 aliphatic carbocycles. The molecule has 1 N–H and O–H groups in total. The summed E-state index contributed by atoms with van der Waals surface area (Å²) in [5, 5.41) is 10.8. The third-order valence-electron chi connectivity index (χ3n) is 4.82. The molecule has 2 bridgehead atoms. The monoisotopic (exact) mass is 333 g/mol. The standard InChI is InChI=1S/C16H19F4NO2/c1-21-13-6-15(22,7-14(21)9-23-8-13)5-10-2-11(16(18,19)20)4-12(17)3-10/h2-4,13-14,22H,5-9H2,1H3. The number of piperidine rings is 1. The second kappa shape index (κ2) is 5.72. The number of nitrogens with zero attached hydrogens (tertiary/aromatic N) is 1. The zero-order valence-electron chi connectivity index (χ0n) is 12.7. The smallest absolute Gasteiger partial charge is 0.389 e. The highest BCUT2D eigenvalue weighted by molar-refractivity contribution is 5.28. The van der Waals surface area contributed by atoms with Gasteiger partial charge < -0.3 is 9.84 Å². The van der Waals surface area contributed by atoms with Crippen molar-refractivity contribution < 1.29 is 27.4 Å². The van der Waals surface area contributed by atoms with Crippen molar-refractivity contribution in [3.8, 4) is 0 Å². The van der Waals surface area contributed by atoms with Gasteiger partial charge in [-0.05, 0) is 43.7 Å². The number of hydrogen-bond acceptors (Lipinski definition) is 3. The van der Waals surface area contributed by atoms with E-state index in [9.17, 15) is 22.7 Å². The predicted molar refractivity (Wildman–Crippen MR) is 75.4 cm³/mol. The first kappa shape index (κ1) is 16.7. The highest BCUT2D eigenvalue weighted by Gasteiger charge is 2.44. The largest absolute Gasteiger partial charge is 0.416 e. The maximum Gasteiger partial charge on any atom is 0.416 e. The Labute approximate surface area is 131 Å². The molecule has 3 rings (SSSR count). The fourth-order valence-corrected chi connectivity index (χ4v) is 3.68. The van der Waals surface area contributed by atoms with Gasteiger partial charge in [0.15, 0.2) is 0 Å². The lowest BCUT2D eigenvalue weighted by molar-refractivity contribution is -0.138. The van der Waals surface area contributed by atoms with Crippen molar-refractivity contribution in [2.45, 2.75) is 43.1 Å². The van der Waals surface area contributed by atoms with Crippen molar-refractivity contribution in [2.24, 2.45) is 0 Å². The lowest BCUT2D eigenvalue weighted by Gasteiger charge is -2.50. The van der Waals surface area contributed by atoms with Crippen LogP contribution in [0.5, 0.6) is 0 Å². The van der Waals surface area contributed by atoms with E-state index in [1.807, 2.05) is 7.05 Å². The molecule has 3 nitrogen and oxygen atoms in total. The Hall–Kier alpha value is -1.18. The maximum atomic E-state index is 13.5. The Kier molecular flexibility index (Phi) is 4.14. The Morgan fingerprint density at radius 1 is 1.22 bits per heavy atom. The Morgan fingerprint density at radius 2 is 1.83 bits per heavy atom. The van der Waals surface area contributed by atoms with E-state index in [-0.39, 0.29) is 24.1 Å². The summed E-state index contributed by atoms with van der Waals surface area (Å²) < 4.78 is 57.4. The van der Waals surface area contributed by atoms with Gasteiger partial charge in [-0.3, -0.25) is 4.90 Å². The molecule has 2 aliphatic heterocycles. The normalized spacial score (nSPS) is 32.1. The van der Waals surface area contributed by atoms with E-state index in [4.69, 9.17) is 4.74 Å². The van der Waals surface area contributed by atoms with Crippen LogP contribution in [0, 0.1) is 5.82 Å². The molecule has 0 amide bonds. The molecule has 2 atom stereocenters. The summed E-state index contributed by atoms with van der Waals surface area (Å²) in [5.74, 6) is -0.935. The summed E-state index contributed by atoms with van der Waals surface area (Å²) in [6.07, 6.45) is -3.79. The van der Waals surface area contributed by atoms with Crippen LogP contribution in [0.1, 0.15) is 24.0 Å². The van der Waals surface area contributed by atoms with Crippen LogP contribution in [0.2, 0.25) is 0 Å². The zero-order valence-corrected chi connectivity index (χ0v) is 12.7. The minimum absolute atomic E-state index is 0.00861. The highest BCUT2D eigenvalue weighted by atomic mass is 19.4. The molecule has 2 unspecified atom stereocenters. The fourth-order valence-electron chi connectivity index (χ4n) is 3.68. The first-order valence-electron chi connectivity index (χ1n) is 7.55. The summed E-state index contributed by atoms with van der Waals surface area (Å²) in [6.45, 7) is 0.985. The number of likely N-dealkylation sites (N-methyl/N-ethyl adjacent to an activating group) is 1. The molecule has 2 aliphatic rings. The molecule has 2 heterocycles. The van der Waals surface area contributed by atoms with Gasteiger partial charge in [0.05, 0.1) is 24.4 Å². The minimum atomic E-state index is -4.60. The molecule has 7 heteroatoms. The number of aliphatic hydroxyl groups is 1. The predicted octanol–water partition coefficient (Wildman–Crippen LogP) is 2.61. The van der Waals surface area contributed by atoms with E-state index < -0.39 is 23.2 Å². The van der Waals surface area contributed by atoms with Crippen molar-refractivity contribution >= 4 is 0 Å². The van der Waals surface area contributed by atoms with Gasteiger partial charge >= 0.3 is 6.18 Å². The molecule has 2 fully saturated rings. The van der Waals surface area contributed by atoms with Crippen molar-refractivity contribution in [3.63, 3.8) is 0 Å². The number of fused-ring (bicyclic) bond motifs is 2. The second-order valence-electron chi connectivity index (χ2n) is 6.67. The fraction of sp³-hybridized carbons (Fsp3) is 0.625. The lowest BCUT2D eigenvalue weighted by atomic mass is 9.78. The minimum Gasteiger partial charge on any atom is -0.389 e. The first-order valence-corrected chi connectivity index (χ1v) is 7.55. The molecule has 1 aromatic rings. The molecule has 0 radical (unpaired) electrons.